The normalized spacial score (nSPS) is 20.8. The first-order valence-corrected chi connectivity index (χ1v) is 10.6. The van der Waals surface area contributed by atoms with Gasteiger partial charge in [0.25, 0.3) is 5.91 Å². The average molecular weight is 435 g/mol. The van der Waals surface area contributed by atoms with E-state index in [0.717, 1.165) is 11.1 Å². The fourth-order valence-corrected chi connectivity index (χ4v) is 3.94. The lowest BCUT2D eigenvalue weighted by molar-refractivity contribution is -0.0134. The number of carbonyl (C=O) groups excluding carboxylic acids is 1. The first-order valence-electron chi connectivity index (χ1n) is 10.6. The van der Waals surface area contributed by atoms with Crippen molar-refractivity contribution in [1.82, 2.24) is 19.7 Å². The van der Waals surface area contributed by atoms with Crippen molar-refractivity contribution in [3.63, 3.8) is 0 Å². The number of anilines is 1. The number of hydrogen-bond donors (Lipinski definition) is 2. The molecule has 32 heavy (non-hydrogen) atoms. The van der Waals surface area contributed by atoms with Gasteiger partial charge in [-0.2, -0.15) is 10.1 Å². The topological polar surface area (TPSA) is 111 Å². The minimum atomic E-state index is -0.395. The maximum Gasteiger partial charge on any atom is 0.262 e. The van der Waals surface area contributed by atoms with Gasteiger partial charge >= 0.3 is 0 Å². The first-order chi connectivity index (χ1) is 15.3. The van der Waals surface area contributed by atoms with E-state index in [1.165, 1.54) is 0 Å². The summed E-state index contributed by atoms with van der Waals surface area (Å²) in [6, 6.07) is 7.20. The molecule has 2 N–H and O–H groups in total. The first kappa shape index (κ1) is 20.4. The van der Waals surface area contributed by atoms with Crippen LogP contribution in [0, 0.1) is 0 Å². The van der Waals surface area contributed by atoms with Crippen LogP contribution in [0.3, 0.4) is 0 Å². The lowest BCUT2D eigenvalue weighted by Crippen LogP contribution is -2.38. The van der Waals surface area contributed by atoms with Gasteiger partial charge in [0.1, 0.15) is 23.1 Å². The van der Waals surface area contributed by atoms with Gasteiger partial charge in [0.15, 0.2) is 0 Å². The molecule has 9 nitrogen and oxygen atoms in total. The van der Waals surface area contributed by atoms with Crippen molar-refractivity contribution in [2.75, 3.05) is 5.32 Å². The molecule has 9 heteroatoms. The number of pyridine rings is 2. The summed E-state index contributed by atoms with van der Waals surface area (Å²) in [7, 11) is 1.84. The molecule has 0 atom stereocenters. The minimum absolute atomic E-state index is 0.177. The molecule has 0 bridgehead atoms. The number of nitrogens with zero attached hydrogens (tertiary/aromatic N) is 4. The lowest BCUT2D eigenvalue weighted by atomic mass is 9.92. The Kier molecular flexibility index (Phi) is 4.85. The molecular formula is C23H25N5O4. The molecule has 0 radical (unpaired) electrons. The van der Waals surface area contributed by atoms with Crippen LogP contribution in [0.5, 0.6) is 11.8 Å². The Hall–Kier alpha value is -3.46. The number of aliphatic hydroxyl groups excluding tert-OH is 1. The number of rotatable bonds is 5. The van der Waals surface area contributed by atoms with E-state index in [9.17, 15) is 9.90 Å². The minimum Gasteiger partial charge on any atom is -0.473 e. The molecule has 0 aromatic carbocycles. The van der Waals surface area contributed by atoms with Gasteiger partial charge < -0.3 is 19.9 Å². The van der Waals surface area contributed by atoms with E-state index in [2.05, 4.69) is 20.4 Å². The summed E-state index contributed by atoms with van der Waals surface area (Å²) < 4.78 is 13.6. The number of aryl methyl sites for hydroxylation is 1. The standard InChI is InChI=1S/C23H25N5O4/c1-23(2)10-13-7-17(22(27-21(13)32-23)31-16-8-15(29)9-16)20(30)26-19-6-4-5-18(25-19)14-11-24-28(3)12-14/h4-7,11-12,15-16,29H,8-10H2,1-3H3,(H,25,26,30). The van der Waals surface area contributed by atoms with E-state index in [1.807, 2.05) is 39.2 Å². The Morgan fingerprint density at radius 2 is 2.12 bits per heavy atom. The summed E-state index contributed by atoms with van der Waals surface area (Å²) >= 11 is 0. The van der Waals surface area contributed by atoms with Crippen molar-refractivity contribution in [1.29, 1.82) is 0 Å². The van der Waals surface area contributed by atoms with Crippen LogP contribution in [-0.2, 0) is 13.5 Å². The molecule has 166 valence electrons. The number of carbonyl (C=O) groups is 1. The van der Waals surface area contributed by atoms with Gasteiger partial charge in [-0.25, -0.2) is 4.98 Å². The number of aliphatic hydroxyl groups is 1. The van der Waals surface area contributed by atoms with E-state index < -0.39 is 5.60 Å². The number of amides is 1. The van der Waals surface area contributed by atoms with Crippen LogP contribution in [0.2, 0.25) is 0 Å². The Bertz CT molecular complexity index is 1180. The molecule has 1 fully saturated rings. The van der Waals surface area contributed by atoms with E-state index in [0.29, 0.717) is 42.2 Å². The Morgan fingerprint density at radius 3 is 2.84 bits per heavy atom. The molecule has 3 aromatic heterocycles. The highest BCUT2D eigenvalue weighted by atomic mass is 16.5. The van der Waals surface area contributed by atoms with Crippen LogP contribution in [0.4, 0.5) is 5.82 Å². The number of nitrogens with one attached hydrogen (secondary N) is 1. The maximum atomic E-state index is 13.2. The summed E-state index contributed by atoms with van der Waals surface area (Å²) in [6.07, 6.45) is 4.71. The van der Waals surface area contributed by atoms with Crippen molar-refractivity contribution in [2.45, 2.75) is 50.9 Å². The van der Waals surface area contributed by atoms with Gasteiger partial charge in [0.05, 0.1) is 18.0 Å². The Morgan fingerprint density at radius 1 is 1.31 bits per heavy atom. The zero-order chi connectivity index (χ0) is 22.5. The van der Waals surface area contributed by atoms with Gasteiger partial charge in [0, 0.05) is 43.6 Å². The van der Waals surface area contributed by atoms with Crippen molar-refractivity contribution in [3.8, 4) is 23.0 Å². The largest absolute Gasteiger partial charge is 0.473 e. The highest BCUT2D eigenvalue weighted by Gasteiger charge is 2.35. The summed E-state index contributed by atoms with van der Waals surface area (Å²) in [6.45, 7) is 3.95. The van der Waals surface area contributed by atoms with Gasteiger partial charge in [-0.1, -0.05) is 6.07 Å². The predicted octanol–water partition coefficient (Wildman–Crippen LogP) is 2.75. The molecule has 0 unspecified atom stereocenters. The zero-order valence-corrected chi connectivity index (χ0v) is 18.2. The summed E-state index contributed by atoms with van der Waals surface area (Å²) in [5, 5.41) is 16.6. The molecule has 3 aromatic rings. The third-order valence-corrected chi connectivity index (χ3v) is 5.60. The Balaban J connectivity index is 1.42. The molecule has 0 saturated heterocycles. The quantitative estimate of drug-likeness (QED) is 0.634. The van der Waals surface area contributed by atoms with Gasteiger partial charge in [-0.3, -0.25) is 9.48 Å². The third-order valence-electron chi connectivity index (χ3n) is 5.60. The van der Waals surface area contributed by atoms with Crippen LogP contribution in [-0.4, -0.2) is 48.6 Å². The molecular weight excluding hydrogens is 410 g/mol. The van der Waals surface area contributed by atoms with Crippen LogP contribution in [0.1, 0.15) is 42.6 Å². The molecule has 4 heterocycles. The summed E-state index contributed by atoms with van der Waals surface area (Å²) in [4.78, 5) is 22.3. The van der Waals surface area contributed by atoms with E-state index in [1.54, 1.807) is 23.0 Å². The summed E-state index contributed by atoms with van der Waals surface area (Å²) in [5.41, 5.74) is 2.35. The number of ether oxygens (including phenoxy) is 2. The second-order valence-electron chi connectivity index (χ2n) is 8.97. The molecule has 0 spiro atoms. The van der Waals surface area contributed by atoms with E-state index >= 15 is 0 Å². The van der Waals surface area contributed by atoms with Crippen molar-refractivity contribution < 1.29 is 19.4 Å². The SMILES string of the molecule is Cn1cc(-c2cccc(NC(=O)c3cc4c(nc3OC3CC(O)C3)OC(C)(C)C4)n2)cn1. The zero-order valence-electron chi connectivity index (χ0n) is 18.2. The second-order valence-corrected chi connectivity index (χ2v) is 8.97. The van der Waals surface area contributed by atoms with Gasteiger partial charge in [0.2, 0.25) is 11.8 Å². The lowest BCUT2D eigenvalue weighted by Gasteiger charge is -2.31. The van der Waals surface area contributed by atoms with Crippen molar-refractivity contribution in [3.05, 3.63) is 47.8 Å². The maximum absolute atomic E-state index is 13.2. The highest BCUT2D eigenvalue weighted by Crippen LogP contribution is 2.38. The van der Waals surface area contributed by atoms with Crippen molar-refractivity contribution >= 4 is 11.7 Å². The van der Waals surface area contributed by atoms with Crippen LogP contribution >= 0.6 is 0 Å². The fourth-order valence-electron chi connectivity index (χ4n) is 3.94. The molecule has 1 saturated carbocycles. The predicted molar refractivity (Wildman–Crippen MR) is 117 cm³/mol. The molecule has 1 aliphatic heterocycles. The highest BCUT2D eigenvalue weighted by molar-refractivity contribution is 6.05. The molecule has 2 aliphatic rings. The number of fused-ring (bicyclic) bond motifs is 1. The van der Waals surface area contributed by atoms with Crippen LogP contribution in [0.25, 0.3) is 11.3 Å². The number of hydrogen-bond acceptors (Lipinski definition) is 7. The van der Waals surface area contributed by atoms with Crippen LogP contribution in [0.15, 0.2) is 36.7 Å². The monoisotopic (exact) mass is 435 g/mol. The Labute approximate surface area is 185 Å². The van der Waals surface area contributed by atoms with Gasteiger partial charge in [-0.15, -0.1) is 0 Å². The third kappa shape index (κ3) is 4.03. The fraction of sp³-hybridized carbons (Fsp3) is 0.391. The number of aromatic nitrogens is 4. The smallest absolute Gasteiger partial charge is 0.262 e. The van der Waals surface area contributed by atoms with E-state index in [-0.39, 0.29) is 24.0 Å². The van der Waals surface area contributed by atoms with Crippen molar-refractivity contribution in [2.24, 2.45) is 7.05 Å². The van der Waals surface area contributed by atoms with E-state index in [4.69, 9.17) is 9.47 Å². The average Bonchev–Trinajstić information content (AvgIpc) is 3.27. The van der Waals surface area contributed by atoms with Crippen LogP contribution < -0.4 is 14.8 Å². The van der Waals surface area contributed by atoms with Gasteiger partial charge in [-0.05, 0) is 32.0 Å². The molecule has 5 rings (SSSR count). The summed E-state index contributed by atoms with van der Waals surface area (Å²) in [5.74, 6) is 0.742. The molecule has 1 aliphatic carbocycles. The molecule has 1 amide bonds. The second kappa shape index (κ2) is 7.59.